The molecule has 2 aromatic carbocycles. The predicted molar refractivity (Wildman–Crippen MR) is 113 cm³/mol. The second-order valence-electron chi connectivity index (χ2n) is 7.26. The van der Waals surface area contributed by atoms with E-state index in [1.165, 1.54) is 5.56 Å². The SMILES string of the molecule is Cc1ccc2nc(N(CCC[NH+]3CCOCC3)C(=O)c3ccccc3)sc2c1. The molecule has 0 unspecified atom stereocenters. The molecule has 1 N–H and O–H groups in total. The predicted octanol–water partition coefficient (Wildman–Crippen LogP) is 2.56. The number of hydrogen-bond acceptors (Lipinski definition) is 4. The second-order valence-corrected chi connectivity index (χ2v) is 8.27. The highest BCUT2D eigenvalue weighted by atomic mass is 32.1. The number of carbonyl (C=O) groups excluding carboxylic acids is 1. The van der Waals surface area contributed by atoms with Gasteiger partial charge < -0.3 is 9.64 Å². The minimum absolute atomic E-state index is 0.0216. The maximum absolute atomic E-state index is 13.2. The van der Waals surface area contributed by atoms with E-state index in [1.807, 2.05) is 41.3 Å². The van der Waals surface area contributed by atoms with Crippen LogP contribution in [0.25, 0.3) is 10.2 Å². The molecule has 4 rings (SSSR count). The van der Waals surface area contributed by atoms with Crippen molar-refractivity contribution in [1.29, 1.82) is 0 Å². The van der Waals surface area contributed by atoms with Gasteiger partial charge in [-0.25, -0.2) is 4.98 Å². The number of benzene rings is 2. The Morgan fingerprint density at radius 3 is 2.75 bits per heavy atom. The molecule has 2 heterocycles. The maximum Gasteiger partial charge on any atom is 0.260 e. The lowest BCUT2D eigenvalue weighted by Crippen LogP contribution is -3.14. The van der Waals surface area contributed by atoms with E-state index in [2.05, 4.69) is 19.1 Å². The molecule has 1 aromatic heterocycles. The molecule has 0 saturated carbocycles. The molecular weight excluding hydrogens is 370 g/mol. The zero-order chi connectivity index (χ0) is 19.3. The number of amides is 1. The lowest BCUT2D eigenvalue weighted by Gasteiger charge is -2.25. The smallest absolute Gasteiger partial charge is 0.260 e. The van der Waals surface area contributed by atoms with Crippen molar-refractivity contribution in [2.24, 2.45) is 0 Å². The molecule has 1 aliphatic rings. The fourth-order valence-electron chi connectivity index (χ4n) is 3.55. The number of carbonyl (C=O) groups is 1. The first kappa shape index (κ1) is 19.1. The average molecular weight is 397 g/mol. The van der Waals surface area contributed by atoms with Crippen molar-refractivity contribution in [3.05, 3.63) is 59.7 Å². The standard InChI is InChI=1S/C22H25N3O2S/c1-17-8-9-19-20(16-17)28-22(23-19)25(21(26)18-6-3-2-4-7-18)11-5-10-24-12-14-27-15-13-24/h2-4,6-9,16H,5,10-15H2,1H3/p+1. The summed E-state index contributed by atoms with van der Waals surface area (Å²) in [5.74, 6) is 0.0216. The molecule has 3 aromatic rings. The molecule has 0 aliphatic carbocycles. The highest BCUT2D eigenvalue weighted by Crippen LogP contribution is 2.30. The van der Waals surface area contributed by atoms with Crippen molar-refractivity contribution < 1.29 is 14.4 Å². The zero-order valence-electron chi connectivity index (χ0n) is 16.2. The number of nitrogens with one attached hydrogen (secondary N) is 1. The van der Waals surface area contributed by atoms with Gasteiger partial charge in [-0.05, 0) is 36.8 Å². The van der Waals surface area contributed by atoms with Gasteiger partial charge in [0.1, 0.15) is 13.1 Å². The van der Waals surface area contributed by atoms with Crippen molar-refractivity contribution in [2.45, 2.75) is 13.3 Å². The van der Waals surface area contributed by atoms with E-state index < -0.39 is 0 Å². The lowest BCUT2D eigenvalue weighted by molar-refractivity contribution is -0.908. The van der Waals surface area contributed by atoms with Gasteiger partial charge in [0.05, 0.1) is 30.0 Å². The van der Waals surface area contributed by atoms with E-state index in [4.69, 9.17) is 9.72 Å². The minimum atomic E-state index is 0.0216. The van der Waals surface area contributed by atoms with Gasteiger partial charge in [-0.3, -0.25) is 9.69 Å². The summed E-state index contributed by atoms with van der Waals surface area (Å²) in [5.41, 5.74) is 2.87. The topological polar surface area (TPSA) is 46.9 Å². The molecule has 1 aliphatic heterocycles. The van der Waals surface area contributed by atoms with Crippen molar-refractivity contribution in [1.82, 2.24) is 4.98 Å². The number of ether oxygens (including phenoxy) is 1. The van der Waals surface area contributed by atoms with Crippen LogP contribution in [0.2, 0.25) is 0 Å². The number of rotatable bonds is 6. The van der Waals surface area contributed by atoms with Crippen LogP contribution >= 0.6 is 11.3 Å². The van der Waals surface area contributed by atoms with Gasteiger partial charge in [-0.1, -0.05) is 35.6 Å². The Morgan fingerprint density at radius 2 is 1.96 bits per heavy atom. The molecule has 1 fully saturated rings. The molecule has 0 radical (unpaired) electrons. The quantitative estimate of drug-likeness (QED) is 0.697. The van der Waals surface area contributed by atoms with Crippen LogP contribution in [0, 0.1) is 6.92 Å². The molecule has 1 saturated heterocycles. The molecule has 0 spiro atoms. The molecule has 0 bridgehead atoms. The first-order chi connectivity index (χ1) is 13.7. The Balaban J connectivity index is 1.55. The zero-order valence-corrected chi connectivity index (χ0v) is 17.0. The highest BCUT2D eigenvalue weighted by molar-refractivity contribution is 7.22. The normalized spacial score (nSPS) is 15.0. The summed E-state index contributed by atoms with van der Waals surface area (Å²) in [7, 11) is 0. The van der Waals surface area contributed by atoms with Crippen molar-refractivity contribution in [2.75, 3.05) is 44.3 Å². The van der Waals surface area contributed by atoms with Gasteiger partial charge in [0.2, 0.25) is 0 Å². The number of hydrogen-bond donors (Lipinski definition) is 1. The van der Waals surface area contributed by atoms with Crippen LogP contribution in [-0.2, 0) is 4.74 Å². The van der Waals surface area contributed by atoms with Gasteiger partial charge in [0.25, 0.3) is 5.91 Å². The van der Waals surface area contributed by atoms with E-state index >= 15 is 0 Å². The van der Waals surface area contributed by atoms with Crippen LogP contribution in [0.15, 0.2) is 48.5 Å². The average Bonchev–Trinajstić information content (AvgIpc) is 3.15. The van der Waals surface area contributed by atoms with Gasteiger partial charge >= 0.3 is 0 Å². The summed E-state index contributed by atoms with van der Waals surface area (Å²) in [6, 6.07) is 15.7. The maximum atomic E-state index is 13.2. The third-order valence-electron chi connectivity index (χ3n) is 5.14. The summed E-state index contributed by atoms with van der Waals surface area (Å²) in [5, 5.41) is 0.784. The Morgan fingerprint density at radius 1 is 1.18 bits per heavy atom. The van der Waals surface area contributed by atoms with E-state index in [1.54, 1.807) is 16.2 Å². The Labute approximate surface area is 169 Å². The van der Waals surface area contributed by atoms with Crippen LogP contribution in [-0.4, -0.2) is 50.3 Å². The Hall–Kier alpha value is -2.28. The van der Waals surface area contributed by atoms with Gasteiger partial charge in [0.15, 0.2) is 5.13 Å². The lowest BCUT2D eigenvalue weighted by atomic mass is 10.2. The van der Waals surface area contributed by atoms with Gasteiger partial charge in [0, 0.05) is 18.5 Å². The third kappa shape index (κ3) is 4.41. The minimum Gasteiger partial charge on any atom is -0.370 e. The fraction of sp³-hybridized carbons (Fsp3) is 0.364. The monoisotopic (exact) mass is 396 g/mol. The number of anilines is 1. The number of nitrogens with zero attached hydrogens (tertiary/aromatic N) is 2. The van der Waals surface area contributed by atoms with Crippen molar-refractivity contribution in [3.63, 3.8) is 0 Å². The number of aromatic nitrogens is 1. The van der Waals surface area contributed by atoms with Crippen LogP contribution < -0.4 is 9.80 Å². The second kappa shape index (κ2) is 8.82. The molecule has 0 atom stereocenters. The van der Waals surface area contributed by atoms with Gasteiger partial charge in [-0.15, -0.1) is 0 Å². The number of morpholine rings is 1. The number of fused-ring (bicyclic) bond motifs is 1. The van der Waals surface area contributed by atoms with Crippen LogP contribution in [0.5, 0.6) is 0 Å². The molecule has 1 amide bonds. The van der Waals surface area contributed by atoms with Gasteiger partial charge in [-0.2, -0.15) is 0 Å². The fourth-order valence-corrected chi connectivity index (χ4v) is 4.64. The van der Waals surface area contributed by atoms with Crippen LogP contribution in [0.1, 0.15) is 22.3 Å². The Kier molecular flexibility index (Phi) is 6.00. The summed E-state index contributed by atoms with van der Waals surface area (Å²) in [6.07, 6.45) is 0.947. The molecular formula is C22H26N3O2S+. The summed E-state index contributed by atoms with van der Waals surface area (Å²) in [6.45, 7) is 7.57. The van der Waals surface area contributed by atoms with Crippen LogP contribution in [0.3, 0.4) is 0 Å². The van der Waals surface area contributed by atoms with E-state index in [0.717, 1.165) is 54.6 Å². The Bertz CT molecular complexity index is 935. The van der Waals surface area contributed by atoms with E-state index in [-0.39, 0.29) is 5.91 Å². The summed E-state index contributed by atoms with van der Waals surface area (Å²) in [4.78, 5) is 21.4. The van der Waals surface area contributed by atoms with E-state index in [0.29, 0.717) is 12.1 Å². The highest BCUT2D eigenvalue weighted by Gasteiger charge is 2.22. The number of quaternary nitrogens is 1. The van der Waals surface area contributed by atoms with E-state index in [9.17, 15) is 4.79 Å². The number of aryl methyl sites for hydroxylation is 1. The largest absolute Gasteiger partial charge is 0.370 e. The van der Waals surface area contributed by atoms with Crippen molar-refractivity contribution >= 4 is 32.6 Å². The first-order valence-corrected chi connectivity index (χ1v) is 10.7. The summed E-state index contributed by atoms with van der Waals surface area (Å²) < 4.78 is 6.57. The molecule has 5 nitrogen and oxygen atoms in total. The molecule has 146 valence electrons. The first-order valence-electron chi connectivity index (χ1n) is 9.86. The summed E-state index contributed by atoms with van der Waals surface area (Å²) >= 11 is 1.60. The third-order valence-corrected chi connectivity index (χ3v) is 6.18. The molecule has 28 heavy (non-hydrogen) atoms. The molecule has 6 heteroatoms. The van der Waals surface area contributed by atoms with Crippen LogP contribution in [0.4, 0.5) is 5.13 Å². The van der Waals surface area contributed by atoms with Crippen molar-refractivity contribution in [3.8, 4) is 0 Å². The number of thiazole rings is 1.